The molecule has 0 saturated carbocycles. The van der Waals surface area contributed by atoms with Crippen molar-refractivity contribution in [1.82, 2.24) is 4.90 Å². The van der Waals surface area contributed by atoms with E-state index in [9.17, 15) is 9.59 Å². The number of piperidine rings is 1. The summed E-state index contributed by atoms with van der Waals surface area (Å²) < 4.78 is 0. The molecule has 122 valence electrons. The molecule has 1 aromatic rings. The maximum absolute atomic E-state index is 12.0. The van der Waals surface area contributed by atoms with Crippen LogP contribution in [0.2, 0.25) is 10.0 Å². The number of aliphatic carboxylic acids is 1. The van der Waals surface area contributed by atoms with E-state index in [-0.39, 0.29) is 30.8 Å². The SMILES string of the molecule is Cl.O=C(CN1CCC(C(=O)O)CC1)Nc1ccc(Cl)cc1Cl. The van der Waals surface area contributed by atoms with Crippen LogP contribution in [0, 0.1) is 5.92 Å². The molecule has 1 saturated heterocycles. The first-order valence-electron chi connectivity index (χ1n) is 6.66. The molecule has 1 aromatic carbocycles. The molecule has 5 nitrogen and oxygen atoms in total. The molecule has 8 heteroatoms. The topological polar surface area (TPSA) is 69.6 Å². The molecule has 1 heterocycles. The van der Waals surface area contributed by atoms with Crippen LogP contribution in [0.4, 0.5) is 5.69 Å². The number of benzene rings is 1. The van der Waals surface area contributed by atoms with Crippen LogP contribution in [-0.2, 0) is 9.59 Å². The Hall–Kier alpha value is -1.01. The number of likely N-dealkylation sites (tertiary alicyclic amines) is 1. The first kappa shape index (κ1) is 19.0. The number of rotatable bonds is 4. The van der Waals surface area contributed by atoms with E-state index in [1.54, 1.807) is 18.2 Å². The van der Waals surface area contributed by atoms with Gasteiger partial charge in [0, 0.05) is 5.02 Å². The number of halogens is 3. The Morgan fingerprint density at radius 3 is 2.45 bits per heavy atom. The number of hydrogen-bond donors (Lipinski definition) is 2. The van der Waals surface area contributed by atoms with Crippen molar-refractivity contribution < 1.29 is 14.7 Å². The van der Waals surface area contributed by atoms with Crippen molar-refractivity contribution in [3.05, 3.63) is 28.2 Å². The highest BCUT2D eigenvalue weighted by Crippen LogP contribution is 2.25. The standard InChI is InChI=1S/C14H16Cl2N2O3.ClH/c15-10-1-2-12(11(16)7-10)17-13(19)8-18-5-3-9(4-6-18)14(20)21;/h1-2,7,9H,3-6,8H2,(H,17,19)(H,20,21);1H. The first-order chi connectivity index (χ1) is 9.95. The van der Waals surface area contributed by atoms with E-state index in [1.165, 1.54) is 0 Å². The Balaban J connectivity index is 0.00000242. The summed E-state index contributed by atoms with van der Waals surface area (Å²) in [4.78, 5) is 24.8. The lowest BCUT2D eigenvalue weighted by atomic mass is 9.97. The fourth-order valence-electron chi connectivity index (χ4n) is 2.32. The smallest absolute Gasteiger partial charge is 0.306 e. The van der Waals surface area contributed by atoms with Crippen LogP contribution in [0.25, 0.3) is 0 Å². The maximum Gasteiger partial charge on any atom is 0.306 e. The second kappa shape index (κ2) is 8.58. The van der Waals surface area contributed by atoms with E-state index in [0.29, 0.717) is 41.7 Å². The number of carbonyl (C=O) groups excluding carboxylic acids is 1. The average molecular weight is 368 g/mol. The number of carbonyl (C=O) groups is 2. The molecular formula is C14H17Cl3N2O3. The molecule has 0 unspecified atom stereocenters. The van der Waals surface area contributed by atoms with Gasteiger partial charge in [-0.25, -0.2) is 0 Å². The van der Waals surface area contributed by atoms with Gasteiger partial charge in [0.25, 0.3) is 0 Å². The van der Waals surface area contributed by atoms with Crippen molar-refractivity contribution >= 4 is 53.2 Å². The van der Waals surface area contributed by atoms with Gasteiger partial charge >= 0.3 is 5.97 Å². The van der Waals surface area contributed by atoms with Crippen molar-refractivity contribution in [3.8, 4) is 0 Å². The summed E-state index contributed by atoms with van der Waals surface area (Å²) in [5.41, 5.74) is 0.520. The molecule has 1 aliphatic rings. The zero-order valence-corrected chi connectivity index (χ0v) is 14.0. The Bertz CT molecular complexity index is 546. The highest BCUT2D eigenvalue weighted by molar-refractivity contribution is 6.36. The number of amides is 1. The molecule has 1 fully saturated rings. The second-order valence-electron chi connectivity index (χ2n) is 5.06. The van der Waals surface area contributed by atoms with Gasteiger partial charge in [0.15, 0.2) is 0 Å². The predicted octanol–water partition coefficient (Wildman–Crippen LogP) is 3.15. The zero-order valence-electron chi connectivity index (χ0n) is 11.7. The molecule has 0 spiro atoms. The highest BCUT2D eigenvalue weighted by atomic mass is 35.5. The predicted molar refractivity (Wildman–Crippen MR) is 89.1 cm³/mol. The van der Waals surface area contributed by atoms with Crippen LogP contribution < -0.4 is 5.32 Å². The molecule has 0 bridgehead atoms. The summed E-state index contributed by atoms with van der Waals surface area (Å²) in [5.74, 6) is -1.23. The largest absolute Gasteiger partial charge is 0.481 e. The number of anilines is 1. The molecule has 22 heavy (non-hydrogen) atoms. The Morgan fingerprint density at radius 2 is 1.91 bits per heavy atom. The third-order valence-corrected chi connectivity index (χ3v) is 4.06. The molecular weight excluding hydrogens is 351 g/mol. The van der Waals surface area contributed by atoms with Crippen LogP contribution in [0.5, 0.6) is 0 Å². The van der Waals surface area contributed by atoms with Gasteiger partial charge in [0.1, 0.15) is 0 Å². The normalized spacial score (nSPS) is 15.9. The van der Waals surface area contributed by atoms with Gasteiger partial charge in [-0.3, -0.25) is 14.5 Å². The molecule has 1 aliphatic heterocycles. The molecule has 0 aromatic heterocycles. The Morgan fingerprint density at radius 1 is 1.27 bits per heavy atom. The fraction of sp³-hybridized carbons (Fsp3) is 0.429. The van der Waals surface area contributed by atoms with Gasteiger partial charge < -0.3 is 10.4 Å². The lowest BCUT2D eigenvalue weighted by Gasteiger charge is -2.29. The van der Waals surface area contributed by atoms with E-state index >= 15 is 0 Å². The number of nitrogens with zero attached hydrogens (tertiary/aromatic N) is 1. The first-order valence-corrected chi connectivity index (χ1v) is 7.41. The van der Waals surface area contributed by atoms with Crippen molar-refractivity contribution in [2.45, 2.75) is 12.8 Å². The van der Waals surface area contributed by atoms with Crippen LogP contribution in [-0.4, -0.2) is 41.5 Å². The van der Waals surface area contributed by atoms with Gasteiger partial charge in [-0.2, -0.15) is 0 Å². The summed E-state index contributed by atoms with van der Waals surface area (Å²) in [6, 6.07) is 4.87. The summed E-state index contributed by atoms with van der Waals surface area (Å²) in [6.07, 6.45) is 1.15. The quantitative estimate of drug-likeness (QED) is 0.857. The van der Waals surface area contributed by atoms with Gasteiger partial charge in [-0.1, -0.05) is 23.2 Å². The lowest BCUT2D eigenvalue weighted by molar-refractivity contribution is -0.143. The molecule has 1 amide bonds. The van der Waals surface area contributed by atoms with Crippen LogP contribution in [0.1, 0.15) is 12.8 Å². The monoisotopic (exact) mass is 366 g/mol. The third-order valence-electron chi connectivity index (χ3n) is 3.51. The molecule has 2 N–H and O–H groups in total. The lowest BCUT2D eigenvalue weighted by Crippen LogP contribution is -2.40. The minimum absolute atomic E-state index is 0. The zero-order chi connectivity index (χ0) is 15.4. The number of carboxylic acids is 1. The summed E-state index contributed by atoms with van der Waals surface area (Å²) in [7, 11) is 0. The average Bonchev–Trinajstić information content (AvgIpc) is 2.42. The number of carboxylic acid groups (broad SMARTS) is 1. The van der Waals surface area contributed by atoms with Gasteiger partial charge in [0.05, 0.1) is 23.2 Å². The van der Waals surface area contributed by atoms with Crippen molar-refractivity contribution in [2.75, 3.05) is 25.0 Å². The maximum atomic E-state index is 12.0. The van der Waals surface area contributed by atoms with Crippen molar-refractivity contribution in [3.63, 3.8) is 0 Å². The summed E-state index contributed by atoms with van der Waals surface area (Å²) >= 11 is 11.8. The van der Waals surface area contributed by atoms with E-state index in [0.717, 1.165) is 0 Å². The van der Waals surface area contributed by atoms with Crippen molar-refractivity contribution in [1.29, 1.82) is 0 Å². The molecule has 0 aliphatic carbocycles. The van der Waals surface area contributed by atoms with E-state index in [4.69, 9.17) is 28.3 Å². The van der Waals surface area contributed by atoms with Crippen LogP contribution in [0.3, 0.4) is 0 Å². The molecule has 2 rings (SSSR count). The van der Waals surface area contributed by atoms with Gasteiger partial charge in [0.2, 0.25) is 5.91 Å². The van der Waals surface area contributed by atoms with E-state index in [2.05, 4.69) is 5.32 Å². The van der Waals surface area contributed by atoms with Crippen molar-refractivity contribution in [2.24, 2.45) is 5.92 Å². The summed E-state index contributed by atoms with van der Waals surface area (Å²) in [6.45, 7) is 1.45. The van der Waals surface area contributed by atoms with Gasteiger partial charge in [-0.05, 0) is 44.1 Å². The minimum atomic E-state index is -0.757. The minimum Gasteiger partial charge on any atom is -0.481 e. The second-order valence-corrected chi connectivity index (χ2v) is 5.90. The van der Waals surface area contributed by atoms with E-state index < -0.39 is 5.97 Å². The molecule has 0 radical (unpaired) electrons. The number of nitrogens with one attached hydrogen (secondary N) is 1. The highest BCUT2D eigenvalue weighted by Gasteiger charge is 2.25. The Labute approximate surface area is 145 Å². The molecule has 0 atom stereocenters. The van der Waals surface area contributed by atoms with Crippen LogP contribution >= 0.6 is 35.6 Å². The van der Waals surface area contributed by atoms with Crippen LogP contribution in [0.15, 0.2) is 18.2 Å². The van der Waals surface area contributed by atoms with Gasteiger partial charge in [-0.15, -0.1) is 12.4 Å². The third kappa shape index (κ3) is 5.32. The number of hydrogen-bond acceptors (Lipinski definition) is 3. The fourth-order valence-corrected chi connectivity index (χ4v) is 2.78. The summed E-state index contributed by atoms with van der Waals surface area (Å²) in [5, 5.41) is 12.6. The van der Waals surface area contributed by atoms with E-state index in [1.807, 2.05) is 4.90 Å². The Kier molecular flexibility index (Phi) is 7.42.